The van der Waals surface area contributed by atoms with Crippen LogP contribution in [0.2, 0.25) is 5.02 Å². The third kappa shape index (κ3) is 2.99. The van der Waals surface area contributed by atoms with Crippen molar-refractivity contribution >= 4 is 17.6 Å². The Hall–Kier alpha value is -1.48. The third-order valence-electron chi connectivity index (χ3n) is 1.94. The van der Waals surface area contributed by atoms with E-state index in [2.05, 4.69) is 6.58 Å². The fraction of sp³-hybridized carbons (Fsp3) is 0.182. The summed E-state index contributed by atoms with van der Waals surface area (Å²) in [5.74, 6) is -0.428. The Labute approximate surface area is 92.9 Å². The molecule has 0 amide bonds. The fourth-order valence-electron chi connectivity index (χ4n) is 1.14. The van der Waals surface area contributed by atoms with E-state index in [9.17, 15) is 4.79 Å². The molecular formula is C11H11ClO3. The van der Waals surface area contributed by atoms with Gasteiger partial charge in [-0.1, -0.05) is 24.2 Å². The van der Waals surface area contributed by atoms with Crippen molar-refractivity contribution in [3.8, 4) is 5.75 Å². The highest BCUT2D eigenvalue weighted by atomic mass is 35.5. The van der Waals surface area contributed by atoms with E-state index in [4.69, 9.17) is 21.4 Å². The molecular weight excluding hydrogens is 216 g/mol. The zero-order valence-corrected chi connectivity index (χ0v) is 9.04. The lowest BCUT2D eigenvalue weighted by molar-refractivity contribution is -0.132. The molecule has 0 atom stereocenters. The molecule has 0 aromatic heterocycles. The number of ether oxygens (including phenoxy) is 1. The standard InChI is InChI=1S/C11H11ClO3/c1-7(11(13)14)5-8-3-4-10(15-2)9(12)6-8/h3-4,6H,1,5H2,2H3,(H,13,14). The van der Waals surface area contributed by atoms with E-state index in [1.165, 1.54) is 7.11 Å². The van der Waals surface area contributed by atoms with Crippen molar-refractivity contribution in [3.05, 3.63) is 40.9 Å². The number of rotatable bonds is 4. The zero-order valence-electron chi connectivity index (χ0n) is 8.29. The Morgan fingerprint density at radius 1 is 1.60 bits per heavy atom. The number of hydrogen-bond donors (Lipinski definition) is 1. The summed E-state index contributed by atoms with van der Waals surface area (Å²) in [6.07, 6.45) is 0.277. The van der Waals surface area contributed by atoms with E-state index in [1.807, 2.05) is 0 Å². The average molecular weight is 227 g/mol. The molecule has 1 rings (SSSR count). The lowest BCUT2D eigenvalue weighted by atomic mass is 10.1. The fourth-order valence-corrected chi connectivity index (χ4v) is 1.42. The molecule has 0 unspecified atom stereocenters. The Kier molecular flexibility index (Phi) is 3.74. The highest BCUT2D eigenvalue weighted by Crippen LogP contribution is 2.25. The summed E-state index contributed by atoms with van der Waals surface area (Å²) in [4.78, 5) is 10.6. The molecule has 80 valence electrons. The van der Waals surface area contributed by atoms with E-state index in [0.717, 1.165) is 5.56 Å². The maximum atomic E-state index is 10.6. The van der Waals surface area contributed by atoms with E-state index >= 15 is 0 Å². The summed E-state index contributed by atoms with van der Waals surface area (Å²) < 4.78 is 4.98. The number of halogens is 1. The van der Waals surface area contributed by atoms with E-state index in [-0.39, 0.29) is 12.0 Å². The van der Waals surface area contributed by atoms with Gasteiger partial charge in [0, 0.05) is 12.0 Å². The Balaban J connectivity index is 2.84. The normalized spacial score (nSPS) is 9.73. The van der Waals surface area contributed by atoms with Crippen molar-refractivity contribution in [1.29, 1.82) is 0 Å². The molecule has 1 aromatic carbocycles. The maximum Gasteiger partial charge on any atom is 0.331 e. The molecule has 4 heteroatoms. The average Bonchev–Trinajstić information content (AvgIpc) is 2.18. The molecule has 0 aliphatic heterocycles. The summed E-state index contributed by atoms with van der Waals surface area (Å²) in [5.41, 5.74) is 0.935. The number of methoxy groups -OCH3 is 1. The van der Waals surface area contributed by atoms with Gasteiger partial charge in [-0.2, -0.15) is 0 Å². The topological polar surface area (TPSA) is 46.5 Å². The van der Waals surface area contributed by atoms with Gasteiger partial charge < -0.3 is 9.84 Å². The smallest absolute Gasteiger partial charge is 0.331 e. The van der Waals surface area contributed by atoms with E-state index in [0.29, 0.717) is 10.8 Å². The van der Waals surface area contributed by atoms with Crippen molar-refractivity contribution in [2.75, 3.05) is 7.11 Å². The number of carboxylic acids is 1. The van der Waals surface area contributed by atoms with Crippen LogP contribution >= 0.6 is 11.6 Å². The second kappa shape index (κ2) is 4.84. The van der Waals surface area contributed by atoms with Crippen LogP contribution in [-0.4, -0.2) is 18.2 Å². The van der Waals surface area contributed by atoms with Crippen molar-refractivity contribution < 1.29 is 14.6 Å². The van der Waals surface area contributed by atoms with Gasteiger partial charge in [0.05, 0.1) is 12.1 Å². The number of benzene rings is 1. The number of carbonyl (C=O) groups is 1. The molecule has 1 N–H and O–H groups in total. The van der Waals surface area contributed by atoms with Crippen LogP contribution in [0.1, 0.15) is 5.56 Å². The molecule has 0 aliphatic rings. The number of aliphatic carboxylic acids is 1. The molecule has 0 saturated carbocycles. The Morgan fingerprint density at radius 2 is 2.27 bits per heavy atom. The Morgan fingerprint density at radius 3 is 2.73 bits per heavy atom. The van der Waals surface area contributed by atoms with Crippen LogP contribution < -0.4 is 4.74 Å². The molecule has 0 heterocycles. The van der Waals surface area contributed by atoms with Crippen LogP contribution in [0.3, 0.4) is 0 Å². The summed E-state index contributed by atoms with van der Waals surface area (Å²) in [7, 11) is 1.52. The summed E-state index contributed by atoms with van der Waals surface area (Å²) in [6, 6.07) is 5.14. The predicted octanol–water partition coefficient (Wildman–Crippen LogP) is 2.53. The zero-order chi connectivity index (χ0) is 11.4. The first-order valence-corrected chi connectivity index (χ1v) is 4.66. The second-order valence-electron chi connectivity index (χ2n) is 3.05. The number of carboxylic acid groups (broad SMARTS) is 1. The quantitative estimate of drug-likeness (QED) is 0.803. The largest absolute Gasteiger partial charge is 0.495 e. The van der Waals surface area contributed by atoms with Crippen LogP contribution in [0, 0.1) is 0 Å². The molecule has 0 fully saturated rings. The van der Waals surface area contributed by atoms with Crippen molar-refractivity contribution in [2.24, 2.45) is 0 Å². The third-order valence-corrected chi connectivity index (χ3v) is 2.23. The summed E-state index contributed by atoms with van der Waals surface area (Å²) in [6.45, 7) is 3.45. The number of hydrogen-bond acceptors (Lipinski definition) is 2. The maximum absolute atomic E-state index is 10.6. The first-order chi connectivity index (χ1) is 7.04. The van der Waals surface area contributed by atoms with Crippen LogP contribution in [0.25, 0.3) is 0 Å². The molecule has 0 aliphatic carbocycles. The highest BCUT2D eigenvalue weighted by molar-refractivity contribution is 6.32. The van der Waals surface area contributed by atoms with Gasteiger partial charge in [0.25, 0.3) is 0 Å². The highest BCUT2D eigenvalue weighted by Gasteiger charge is 2.07. The molecule has 1 aromatic rings. The summed E-state index contributed by atoms with van der Waals surface area (Å²) in [5, 5.41) is 9.12. The predicted molar refractivity (Wildman–Crippen MR) is 58.5 cm³/mol. The second-order valence-corrected chi connectivity index (χ2v) is 3.46. The van der Waals surface area contributed by atoms with Crippen molar-refractivity contribution in [1.82, 2.24) is 0 Å². The lowest BCUT2D eigenvalue weighted by Crippen LogP contribution is -2.02. The van der Waals surface area contributed by atoms with Gasteiger partial charge in [-0.3, -0.25) is 0 Å². The van der Waals surface area contributed by atoms with Gasteiger partial charge in [0.1, 0.15) is 5.75 Å². The first-order valence-electron chi connectivity index (χ1n) is 4.28. The molecule has 0 bridgehead atoms. The Bertz CT molecular complexity index is 399. The molecule has 15 heavy (non-hydrogen) atoms. The van der Waals surface area contributed by atoms with Gasteiger partial charge in [0.15, 0.2) is 0 Å². The minimum atomic E-state index is -0.998. The van der Waals surface area contributed by atoms with Gasteiger partial charge in [-0.25, -0.2) is 4.79 Å². The van der Waals surface area contributed by atoms with E-state index < -0.39 is 5.97 Å². The lowest BCUT2D eigenvalue weighted by Gasteiger charge is -2.05. The van der Waals surface area contributed by atoms with Crippen LogP contribution in [0.4, 0.5) is 0 Å². The van der Waals surface area contributed by atoms with Gasteiger partial charge in [0.2, 0.25) is 0 Å². The van der Waals surface area contributed by atoms with Crippen molar-refractivity contribution in [3.63, 3.8) is 0 Å². The molecule has 3 nitrogen and oxygen atoms in total. The summed E-state index contributed by atoms with van der Waals surface area (Å²) >= 11 is 5.89. The minimum Gasteiger partial charge on any atom is -0.495 e. The van der Waals surface area contributed by atoms with Gasteiger partial charge in [-0.15, -0.1) is 0 Å². The van der Waals surface area contributed by atoms with Gasteiger partial charge in [-0.05, 0) is 17.7 Å². The molecule has 0 radical (unpaired) electrons. The van der Waals surface area contributed by atoms with Crippen molar-refractivity contribution in [2.45, 2.75) is 6.42 Å². The van der Waals surface area contributed by atoms with Crippen LogP contribution in [0.15, 0.2) is 30.4 Å². The van der Waals surface area contributed by atoms with E-state index in [1.54, 1.807) is 18.2 Å². The SMILES string of the molecule is C=C(Cc1ccc(OC)c(Cl)c1)C(=O)O. The van der Waals surface area contributed by atoms with Crippen LogP contribution in [0.5, 0.6) is 5.75 Å². The molecule has 0 saturated heterocycles. The molecule has 0 spiro atoms. The monoisotopic (exact) mass is 226 g/mol. The minimum absolute atomic E-state index is 0.135. The van der Waals surface area contributed by atoms with Gasteiger partial charge >= 0.3 is 5.97 Å². The first kappa shape index (κ1) is 11.6. The van der Waals surface area contributed by atoms with Crippen LogP contribution in [-0.2, 0) is 11.2 Å².